The quantitative estimate of drug-likeness (QED) is 0.368. The second kappa shape index (κ2) is 7.01. The topological polar surface area (TPSA) is 119 Å². The second-order valence-corrected chi connectivity index (χ2v) is 6.44. The molecule has 132 valence electrons. The fourth-order valence-electron chi connectivity index (χ4n) is 2.76. The summed E-state index contributed by atoms with van der Waals surface area (Å²) in [4.78, 5) is 18.6. The highest BCUT2D eigenvalue weighted by Crippen LogP contribution is 2.36. The summed E-state index contributed by atoms with van der Waals surface area (Å²) in [6.45, 7) is 3.72. The van der Waals surface area contributed by atoms with E-state index in [0.717, 1.165) is 49.7 Å². The zero-order chi connectivity index (χ0) is 18.0. The molecule has 0 radical (unpaired) electrons. The third kappa shape index (κ3) is 3.53. The average Bonchev–Trinajstić information content (AvgIpc) is 3.19. The van der Waals surface area contributed by atoms with E-state index in [1.54, 1.807) is 0 Å². The summed E-state index contributed by atoms with van der Waals surface area (Å²) in [6.07, 6.45) is 4.20. The van der Waals surface area contributed by atoms with Gasteiger partial charge in [0.1, 0.15) is 22.2 Å². The molecule has 1 fully saturated rings. The number of nitrogens with zero attached hydrogens (tertiary/aromatic N) is 3. The maximum absolute atomic E-state index is 13.0. The number of rotatable bonds is 4. The number of allylic oxidation sites excluding steroid dienone is 1. The maximum atomic E-state index is 13.0. The van der Waals surface area contributed by atoms with Crippen LogP contribution in [0.4, 0.5) is 15.1 Å². The van der Waals surface area contributed by atoms with Gasteiger partial charge in [0.25, 0.3) is 5.91 Å². The Bertz CT molecular complexity index is 805. The molecule has 25 heavy (non-hydrogen) atoms. The van der Waals surface area contributed by atoms with Crippen LogP contribution >= 0.6 is 11.5 Å². The molecule has 3 heterocycles. The largest absolute Gasteiger partial charge is 0.383 e. The van der Waals surface area contributed by atoms with E-state index in [4.69, 9.17) is 11.1 Å². The van der Waals surface area contributed by atoms with E-state index < -0.39 is 17.6 Å². The van der Waals surface area contributed by atoms with Gasteiger partial charge in [0.15, 0.2) is 5.83 Å². The molecular formula is C15H18FN7OS. The van der Waals surface area contributed by atoms with Crippen molar-refractivity contribution in [2.24, 2.45) is 10.7 Å². The number of halogens is 1. The summed E-state index contributed by atoms with van der Waals surface area (Å²) in [6, 6.07) is 0. The van der Waals surface area contributed by atoms with E-state index in [1.165, 1.54) is 11.5 Å². The van der Waals surface area contributed by atoms with Crippen LogP contribution in [0.25, 0.3) is 0 Å². The average molecular weight is 363 g/mol. The standard InChI is InChI=1S/C15H18FN7OS/c1-8-11(23-4-2-3-5-23)15(25-22-8)21-14(24)10(12(17)18)13-19-6-9(16)7-20-13/h6-7,19H,2-5H2,1H3,(H3,17,18)(H,21,24)/b13-10-. The van der Waals surface area contributed by atoms with Crippen LogP contribution in [-0.2, 0) is 4.79 Å². The number of amides is 1. The molecule has 1 aromatic heterocycles. The lowest BCUT2D eigenvalue weighted by Crippen LogP contribution is -2.30. The van der Waals surface area contributed by atoms with Crippen LogP contribution in [0.1, 0.15) is 18.5 Å². The predicted molar refractivity (Wildman–Crippen MR) is 96.7 cm³/mol. The SMILES string of the molecule is Cc1nsc(NC(=O)/C(C(=N)N)=C2\N=CC(F)=CN2)c1N1CCCC1. The van der Waals surface area contributed by atoms with E-state index in [0.29, 0.717) is 5.00 Å². The van der Waals surface area contributed by atoms with Crippen molar-refractivity contribution in [2.75, 3.05) is 23.3 Å². The Balaban J connectivity index is 1.87. The number of anilines is 2. The van der Waals surface area contributed by atoms with Gasteiger partial charge in [0, 0.05) is 19.3 Å². The van der Waals surface area contributed by atoms with Crippen LogP contribution in [0.15, 0.2) is 28.4 Å². The molecule has 5 N–H and O–H groups in total. The molecule has 1 aromatic rings. The highest BCUT2D eigenvalue weighted by molar-refractivity contribution is 7.11. The van der Waals surface area contributed by atoms with E-state index in [2.05, 4.69) is 24.9 Å². The Morgan fingerprint density at radius 3 is 2.80 bits per heavy atom. The Labute approximate surface area is 148 Å². The fraction of sp³-hybridized carbons (Fsp3) is 0.333. The molecule has 1 saturated heterocycles. The monoisotopic (exact) mass is 363 g/mol. The summed E-state index contributed by atoms with van der Waals surface area (Å²) in [5.41, 5.74) is 7.12. The van der Waals surface area contributed by atoms with Crippen LogP contribution in [0, 0.1) is 12.3 Å². The molecule has 0 aliphatic carbocycles. The minimum absolute atomic E-state index is 0.0235. The number of aryl methyl sites for hydroxylation is 1. The first-order chi connectivity index (χ1) is 12.0. The minimum Gasteiger partial charge on any atom is -0.383 e. The zero-order valence-electron chi connectivity index (χ0n) is 13.6. The van der Waals surface area contributed by atoms with Gasteiger partial charge in [-0.05, 0) is 31.3 Å². The lowest BCUT2D eigenvalue weighted by atomic mass is 10.2. The first kappa shape index (κ1) is 17.1. The molecule has 0 spiro atoms. The molecule has 0 aromatic carbocycles. The Kier molecular flexibility index (Phi) is 4.79. The Morgan fingerprint density at radius 1 is 1.48 bits per heavy atom. The molecule has 0 saturated carbocycles. The number of nitrogens with one attached hydrogen (secondary N) is 3. The van der Waals surface area contributed by atoms with E-state index >= 15 is 0 Å². The second-order valence-electron chi connectivity index (χ2n) is 5.66. The van der Waals surface area contributed by atoms with E-state index in [1.807, 2.05) is 6.92 Å². The summed E-state index contributed by atoms with van der Waals surface area (Å²) in [5.74, 6) is -1.61. The Morgan fingerprint density at radius 2 is 2.20 bits per heavy atom. The van der Waals surface area contributed by atoms with Crippen molar-refractivity contribution in [2.45, 2.75) is 19.8 Å². The predicted octanol–water partition coefficient (Wildman–Crippen LogP) is 1.62. The molecule has 10 heteroatoms. The number of carbonyl (C=O) groups is 1. The number of aliphatic imine (C=N–C) groups is 1. The number of amidine groups is 1. The smallest absolute Gasteiger partial charge is 0.263 e. The van der Waals surface area contributed by atoms with Crippen LogP contribution in [0.2, 0.25) is 0 Å². The van der Waals surface area contributed by atoms with Crippen molar-refractivity contribution in [1.82, 2.24) is 9.69 Å². The van der Waals surface area contributed by atoms with Crippen LogP contribution in [-0.4, -0.2) is 35.4 Å². The van der Waals surface area contributed by atoms with Gasteiger partial charge < -0.3 is 21.3 Å². The van der Waals surface area contributed by atoms with Gasteiger partial charge in [-0.15, -0.1) is 0 Å². The molecule has 0 bridgehead atoms. The van der Waals surface area contributed by atoms with Gasteiger partial charge in [-0.1, -0.05) is 0 Å². The molecule has 0 atom stereocenters. The van der Waals surface area contributed by atoms with Gasteiger partial charge in [-0.25, -0.2) is 9.38 Å². The first-order valence-corrected chi connectivity index (χ1v) is 8.52. The minimum atomic E-state index is -0.591. The lowest BCUT2D eigenvalue weighted by molar-refractivity contribution is -0.112. The van der Waals surface area contributed by atoms with Crippen molar-refractivity contribution in [3.8, 4) is 0 Å². The summed E-state index contributed by atoms with van der Waals surface area (Å²) in [5, 5.41) is 13.6. The number of aromatic nitrogens is 1. The molecule has 2 aliphatic heterocycles. The fourth-order valence-corrected chi connectivity index (χ4v) is 3.57. The van der Waals surface area contributed by atoms with Gasteiger partial charge in [0.2, 0.25) is 0 Å². The van der Waals surface area contributed by atoms with Crippen molar-refractivity contribution in [1.29, 1.82) is 5.41 Å². The normalized spacial score (nSPS) is 18.6. The van der Waals surface area contributed by atoms with Gasteiger partial charge in [-0.2, -0.15) is 4.37 Å². The summed E-state index contributed by atoms with van der Waals surface area (Å²) in [7, 11) is 0. The first-order valence-electron chi connectivity index (χ1n) is 7.75. The maximum Gasteiger partial charge on any atom is 0.263 e. The molecule has 2 aliphatic rings. The van der Waals surface area contributed by atoms with Crippen molar-refractivity contribution >= 4 is 40.2 Å². The van der Waals surface area contributed by atoms with Gasteiger partial charge >= 0.3 is 0 Å². The highest BCUT2D eigenvalue weighted by Gasteiger charge is 2.25. The van der Waals surface area contributed by atoms with Crippen molar-refractivity contribution < 1.29 is 9.18 Å². The third-order valence-electron chi connectivity index (χ3n) is 3.88. The number of hydrogen-bond acceptors (Lipinski definition) is 7. The molecular weight excluding hydrogens is 345 g/mol. The summed E-state index contributed by atoms with van der Waals surface area (Å²) >= 11 is 1.18. The molecule has 0 unspecified atom stereocenters. The third-order valence-corrected chi connectivity index (χ3v) is 4.72. The molecule has 1 amide bonds. The van der Waals surface area contributed by atoms with Crippen LogP contribution < -0.4 is 21.3 Å². The molecule has 8 nitrogen and oxygen atoms in total. The summed E-state index contributed by atoms with van der Waals surface area (Å²) < 4.78 is 17.3. The van der Waals surface area contributed by atoms with E-state index in [9.17, 15) is 9.18 Å². The highest BCUT2D eigenvalue weighted by atomic mass is 32.1. The number of hydrogen-bond donors (Lipinski definition) is 4. The van der Waals surface area contributed by atoms with Crippen LogP contribution in [0.3, 0.4) is 0 Å². The lowest BCUT2D eigenvalue weighted by Gasteiger charge is -2.19. The molecule has 3 rings (SSSR count). The van der Waals surface area contributed by atoms with Gasteiger partial charge in [0.05, 0.1) is 17.6 Å². The zero-order valence-corrected chi connectivity index (χ0v) is 14.4. The van der Waals surface area contributed by atoms with Crippen molar-refractivity contribution in [3.63, 3.8) is 0 Å². The van der Waals surface area contributed by atoms with Crippen molar-refractivity contribution in [3.05, 3.63) is 29.1 Å². The van der Waals surface area contributed by atoms with Gasteiger partial charge in [-0.3, -0.25) is 10.2 Å². The Hall–Kier alpha value is -2.75. The number of nitrogens with two attached hydrogens (primary N) is 1. The van der Waals surface area contributed by atoms with Crippen LogP contribution in [0.5, 0.6) is 0 Å². The number of carbonyl (C=O) groups excluding carboxylic acids is 1. The van der Waals surface area contributed by atoms with E-state index in [-0.39, 0.29) is 11.4 Å².